The van der Waals surface area contributed by atoms with Gasteiger partial charge in [0, 0.05) is 5.33 Å². The van der Waals surface area contributed by atoms with Gasteiger partial charge in [0.05, 0.1) is 14.2 Å². The monoisotopic (exact) mass is 244 g/mol. The van der Waals surface area contributed by atoms with Crippen LogP contribution in [0.4, 0.5) is 0 Å². The van der Waals surface area contributed by atoms with Crippen molar-refractivity contribution in [3.63, 3.8) is 0 Å². The molecule has 0 aliphatic rings. The average Bonchev–Trinajstić information content (AvgIpc) is 2.17. The fourth-order valence-electron chi connectivity index (χ4n) is 1.17. The minimum absolute atomic E-state index is 0.780. The predicted octanol–water partition coefficient (Wildman–Crippen LogP) is 2.91. The van der Waals surface area contributed by atoms with E-state index in [0.29, 0.717) is 0 Å². The molecule has 0 saturated heterocycles. The number of benzene rings is 1. The summed E-state index contributed by atoms with van der Waals surface area (Å²) in [6.45, 7) is 2.05. The molecule has 0 heterocycles. The van der Waals surface area contributed by atoms with Gasteiger partial charge in [-0.05, 0) is 30.2 Å². The molecular weight excluding hydrogens is 232 g/mol. The van der Waals surface area contributed by atoms with E-state index in [0.717, 1.165) is 16.8 Å². The van der Waals surface area contributed by atoms with Crippen LogP contribution in [0.5, 0.6) is 11.5 Å². The van der Waals surface area contributed by atoms with Crippen LogP contribution < -0.4 is 9.47 Å². The SMILES string of the molecule is COc1cc(C)c(CBr)cc1OC. The van der Waals surface area contributed by atoms with Crippen LogP contribution in [0, 0.1) is 6.92 Å². The van der Waals surface area contributed by atoms with Gasteiger partial charge in [-0.25, -0.2) is 0 Å². The molecule has 0 amide bonds. The van der Waals surface area contributed by atoms with Gasteiger partial charge in [0.25, 0.3) is 0 Å². The molecule has 0 aliphatic heterocycles. The van der Waals surface area contributed by atoms with Gasteiger partial charge in [0.15, 0.2) is 11.5 Å². The van der Waals surface area contributed by atoms with E-state index in [1.165, 1.54) is 11.1 Å². The maximum Gasteiger partial charge on any atom is 0.161 e. The van der Waals surface area contributed by atoms with Crippen molar-refractivity contribution in [1.29, 1.82) is 0 Å². The molecule has 1 aromatic rings. The number of rotatable bonds is 3. The van der Waals surface area contributed by atoms with E-state index < -0.39 is 0 Å². The Labute approximate surface area is 87.0 Å². The number of aryl methyl sites for hydroxylation is 1. The number of halogens is 1. The lowest BCUT2D eigenvalue weighted by atomic mass is 10.1. The first-order valence-electron chi connectivity index (χ1n) is 4.00. The summed E-state index contributed by atoms with van der Waals surface area (Å²) in [6.07, 6.45) is 0. The number of hydrogen-bond acceptors (Lipinski definition) is 2. The number of hydrogen-bond donors (Lipinski definition) is 0. The van der Waals surface area contributed by atoms with E-state index in [-0.39, 0.29) is 0 Å². The van der Waals surface area contributed by atoms with E-state index in [1.54, 1.807) is 14.2 Å². The molecule has 0 bridgehead atoms. The quantitative estimate of drug-likeness (QED) is 0.762. The van der Waals surface area contributed by atoms with Crippen LogP contribution in [0.15, 0.2) is 12.1 Å². The minimum Gasteiger partial charge on any atom is -0.493 e. The van der Waals surface area contributed by atoms with Crippen molar-refractivity contribution < 1.29 is 9.47 Å². The Balaban J connectivity index is 3.18. The van der Waals surface area contributed by atoms with E-state index in [1.807, 2.05) is 12.1 Å². The molecule has 0 radical (unpaired) electrons. The van der Waals surface area contributed by atoms with Gasteiger partial charge in [-0.1, -0.05) is 15.9 Å². The molecule has 0 unspecified atom stereocenters. The second-order valence-corrected chi connectivity index (χ2v) is 3.33. The lowest BCUT2D eigenvalue weighted by molar-refractivity contribution is 0.354. The van der Waals surface area contributed by atoms with Crippen molar-refractivity contribution >= 4 is 15.9 Å². The molecule has 13 heavy (non-hydrogen) atoms. The molecule has 2 nitrogen and oxygen atoms in total. The molecule has 72 valence electrons. The Hall–Kier alpha value is -0.700. The Bertz CT molecular complexity index is 297. The third-order valence-electron chi connectivity index (χ3n) is 1.99. The fourth-order valence-corrected chi connectivity index (χ4v) is 1.77. The molecule has 0 aromatic heterocycles. The molecule has 0 fully saturated rings. The van der Waals surface area contributed by atoms with Gasteiger partial charge in [-0.2, -0.15) is 0 Å². The fraction of sp³-hybridized carbons (Fsp3) is 0.400. The summed E-state index contributed by atoms with van der Waals surface area (Å²) in [5.41, 5.74) is 2.42. The standard InChI is InChI=1S/C10H13BrO2/c1-7-4-9(12-2)10(13-3)5-8(7)6-11/h4-5H,6H2,1-3H3. The molecule has 3 heteroatoms. The zero-order valence-electron chi connectivity index (χ0n) is 8.06. The summed E-state index contributed by atoms with van der Waals surface area (Å²) in [6, 6.07) is 3.97. The number of alkyl halides is 1. The van der Waals surface area contributed by atoms with Crippen LogP contribution in [-0.2, 0) is 5.33 Å². The first kappa shape index (κ1) is 10.4. The summed E-state index contributed by atoms with van der Waals surface area (Å²) in [5, 5.41) is 0.833. The molecule has 0 aliphatic carbocycles. The third kappa shape index (κ3) is 2.15. The van der Waals surface area contributed by atoms with Crippen LogP contribution >= 0.6 is 15.9 Å². The van der Waals surface area contributed by atoms with Gasteiger partial charge >= 0.3 is 0 Å². The lowest BCUT2D eigenvalue weighted by Crippen LogP contribution is -1.94. The van der Waals surface area contributed by atoms with Crippen molar-refractivity contribution in [2.75, 3.05) is 14.2 Å². The molecular formula is C10H13BrO2. The average molecular weight is 245 g/mol. The molecule has 0 saturated carbocycles. The zero-order chi connectivity index (χ0) is 9.84. The van der Waals surface area contributed by atoms with Crippen LogP contribution in [0.1, 0.15) is 11.1 Å². The van der Waals surface area contributed by atoms with Gasteiger partial charge in [-0.15, -0.1) is 0 Å². The Kier molecular flexibility index (Phi) is 3.60. The largest absolute Gasteiger partial charge is 0.493 e. The highest BCUT2D eigenvalue weighted by molar-refractivity contribution is 9.08. The number of methoxy groups -OCH3 is 2. The first-order valence-corrected chi connectivity index (χ1v) is 5.12. The zero-order valence-corrected chi connectivity index (χ0v) is 9.64. The summed E-state index contributed by atoms with van der Waals surface area (Å²) >= 11 is 3.42. The van der Waals surface area contributed by atoms with Crippen molar-refractivity contribution in [3.8, 4) is 11.5 Å². The van der Waals surface area contributed by atoms with Crippen molar-refractivity contribution in [3.05, 3.63) is 23.3 Å². The maximum atomic E-state index is 5.19. The van der Waals surface area contributed by atoms with E-state index in [2.05, 4.69) is 22.9 Å². The lowest BCUT2D eigenvalue weighted by Gasteiger charge is -2.10. The van der Waals surface area contributed by atoms with Crippen molar-refractivity contribution in [2.24, 2.45) is 0 Å². The second kappa shape index (κ2) is 4.51. The van der Waals surface area contributed by atoms with E-state index in [4.69, 9.17) is 9.47 Å². The number of ether oxygens (including phenoxy) is 2. The van der Waals surface area contributed by atoms with Crippen LogP contribution in [0.25, 0.3) is 0 Å². The molecule has 0 atom stereocenters. The van der Waals surface area contributed by atoms with Gasteiger partial charge in [0.1, 0.15) is 0 Å². The Morgan fingerprint density at radius 3 is 2.15 bits per heavy atom. The minimum atomic E-state index is 0.780. The van der Waals surface area contributed by atoms with Crippen LogP contribution in [0.3, 0.4) is 0 Å². The second-order valence-electron chi connectivity index (χ2n) is 2.77. The third-order valence-corrected chi connectivity index (χ3v) is 2.59. The topological polar surface area (TPSA) is 18.5 Å². The summed E-state index contributed by atoms with van der Waals surface area (Å²) < 4.78 is 10.4. The Morgan fingerprint density at radius 1 is 1.15 bits per heavy atom. The van der Waals surface area contributed by atoms with E-state index >= 15 is 0 Å². The first-order chi connectivity index (χ1) is 6.22. The predicted molar refractivity (Wildman–Crippen MR) is 56.9 cm³/mol. The molecule has 0 spiro atoms. The Morgan fingerprint density at radius 2 is 1.69 bits per heavy atom. The van der Waals surface area contributed by atoms with Crippen LogP contribution in [-0.4, -0.2) is 14.2 Å². The maximum absolute atomic E-state index is 5.19. The molecule has 0 N–H and O–H groups in total. The highest BCUT2D eigenvalue weighted by atomic mass is 79.9. The van der Waals surface area contributed by atoms with Gasteiger partial charge in [-0.3, -0.25) is 0 Å². The molecule has 1 rings (SSSR count). The summed E-state index contributed by atoms with van der Waals surface area (Å²) in [4.78, 5) is 0. The van der Waals surface area contributed by atoms with Gasteiger partial charge < -0.3 is 9.47 Å². The van der Waals surface area contributed by atoms with Crippen molar-refractivity contribution in [2.45, 2.75) is 12.3 Å². The highest BCUT2D eigenvalue weighted by Gasteiger charge is 2.06. The summed E-state index contributed by atoms with van der Waals surface area (Å²) in [5.74, 6) is 1.56. The van der Waals surface area contributed by atoms with Crippen LogP contribution in [0.2, 0.25) is 0 Å². The highest BCUT2D eigenvalue weighted by Crippen LogP contribution is 2.30. The van der Waals surface area contributed by atoms with Gasteiger partial charge in [0.2, 0.25) is 0 Å². The smallest absolute Gasteiger partial charge is 0.161 e. The van der Waals surface area contributed by atoms with Crippen molar-refractivity contribution in [1.82, 2.24) is 0 Å². The normalized spacial score (nSPS) is 9.85. The summed E-state index contributed by atoms with van der Waals surface area (Å²) in [7, 11) is 3.29. The van der Waals surface area contributed by atoms with E-state index in [9.17, 15) is 0 Å². The molecule has 1 aromatic carbocycles.